The average Bonchev–Trinajstić information content (AvgIpc) is 3.03. The molecule has 4 aromatic carbocycles. The van der Waals surface area contributed by atoms with E-state index in [1.807, 2.05) is 11.3 Å². The van der Waals surface area contributed by atoms with Crippen LogP contribution in [0.1, 0.15) is 38.2 Å². The lowest BCUT2D eigenvalue weighted by molar-refractivity contribution is 0.667. The zero-order valence-corrected chi connectivity index (χ0v) is 17.9. The van der Waals surface area contributed by atoms with Crippen molar-refractivity contribution in [2.45, 2.75) is 43.9 Å². The van der Waals surface area contributed by atoms with Crippen molar-refractivity contribution in [3.63, 3.8) is 0 Å². The van der Waals surface area contributed by atoms with Crippen molar-refractivity contribution >= 4 is 65.7 Å². The highest BCUT2D eigenvalue weighted by atomic mass is 32.1. The Hall–Kier alpha value is -2.03. The van der Waals surface area contributed by atoms with Gasteiger partial charge in [-0.1, -0.05) is 50.5 Å². The third-order valence-corrected chi connectivity index (χ3v) is 7.15. The summed E-state index contributed by atoms with van der Waals surface area (Å²) in [6.07, 6.45) is 6.47. The number of rotatable bonds is 5. The predicted octanol–water partition coefficient (Wildman–Crippen LogP) is 8.77. The Labute approximate surface area is 175 Å². The molecule has 0 aliphatic carbocycles. The van der Waals surface area contributed by atoms with Gasteiger partial charge in [0.25, 0.3) is 0 Å². The molecule has 0 unspecified atom stereocenters. The van der Waals surface area contributed by atoms with Crippen LogP contribution in [0.4, 0.5) is 0 Å². The van der Waals surface area contributed by atoms with E-state index in [9.17, 15) is 0 Å². The summed E-state index contributed by atoms with van der Waals surface area (Å²) in [5, 5.41) is 8.01. The van der Waals surface area contributed by atoms with E-state index in [2.05, 4.69) is 80.2 Å². The number of hydrogen-bond acceptors (Lipinski definition) is 2. The van der Waals surface area contributed by atoms with Gasteiger partial charge in [-0.2, -0.15) is 0 Å². The molecule has 0 N–H and O–H groups in total. The Bertz CT molecular complexity index is 1310. The van der Waals surface area contributed by atoms with E-state index in [0.29, 0.717) is 0 Å². The lowest BCUT2D eigenvalue weighted by atomic mass is 10.00. The van der Waals surface area contributed by atoms with Crippen LogP contribution < -0.4 is 0 Å². The maximum atomic E-state index is 4.50. The third-order valence-electron chi connectivity index (χ3n) is 5.75. The molecule has 0 bridgehead atoms. The normalized spacial score (nSPS) is 11.9. The molecule has 2 heteroatoms. The van der Waals surface area contributed by atoms with Crippen LogP contribution >= 0.6 is 24.0 Å². The van der Waals surface area contributed by atoms with E-state index in [0.717, 1.165) is 4.90 Å². The summed E-state index contributed by atoms with van der Waals surface area (Å²) in [6.45, 7) is 2.27. The van der Waals surface area contributed by atoms with Crippen molar-refractivity contribution in [1.82, 2.24) is 0 Å². The lowest BCUT2D eigenvalue weighted by Crippen LogP contribution is -1.86. The highest BCUT2D eigenvalue weighted by Crippen LogP contribution is 2.39. The van der Waals surface area contributed by atoms with Crippen LogP contribution in [0.15, 0.2) is 65.6 Å². The average molecular weight is 401 g/mol. The van der Waals surface area contributed by atoms with E-state index in [-0.39, 0.29) is 0 Å². The van der Waals surface area contributed by atoms with Gasteiger partial charge in [0.2, 0.25) is 0 Å². The standard InChI is InChI=1S/C26H24S2/c1-2-3-4-5-6-17-7-8-18-13-23-24-14-19-9-10-22(27)12-21(19)16-26(24)28-25(23)15-20(18)11-17/h7-16,27H,2-6H2,1H3. The van der Waals surface area contributed by atoms with Crippen molar-refractivity contribution in [2.24, 2.45) is 0 Å². The van der Waals surface area contributed by atoms with Crippen LogP contribution in [0.2, 0.25) is 0 Å². The zero-order valence-electron chi connectivity index (χ0n) is 16.2. The molecule has 5 rings (SSSR count). The van der Waals surface area contributed by atoms with Crippen LogP contribution in [-0.2, 0) is 6.42 Å². The lowest BCUT2D eigenvalue weighted by Gasteiger charge is -2.05. The summed E-state index contributed by atoms with van der Waals surface area (Å²) >= 11 is 6.40. The minimum atomic E-state index is 1.02. The van der Waals surface area contributed by atoms with Gasteiger partial charge in [-0.3, -0.25) is 0 Å². The molecule has 0 saturated carbocycles. The Morgan fingerprint density at radius 2 is 1.36 bits per heavy atom. The van der Waals surface area contributed by atoms with Crippen LogP contribution in [0, 0.1) is 0 Å². The number of thiol groups is 1. The van der Waals surface area contributed by atoms with Gasteiger partial charge in [-0.25, -0.2) is 0 Å². The van der Waals surface area contributed by atoms with E-state index >= 15 is 0 Å². The highest BCUT2D eigenvalue weighted by molar-refractivity contribution is 7.80. The summed E-state index contributed by atoms with van der Waals surface area (Å²) in [7, 11) is 0. The maximum absolute atomic E-state index is 4.50. The molecule has 0 aliphatic rings. The third kappa shape index (κ3) is 3.29. The van der Waals surface area contributed by atoms with E-state index in [1.54, 1.807) is 0 Å². The molecule has 1 heterocycles. The van der Waals surface area contributed by atoms with Gasteiger partial charge in [0.1, 0.15) is 0 Å². The fourth-order valence-electron chi connectivity index (χ4n) is 4.21. The Balaban J connectivity index is 1.60. The summed E-state index contributed by atoms with van der Waals surface area (Å²) < 4.78 is 2.74. The Morgan fingerprint density at radius 3 is 2.07 bits per heavy atom. The molecule has 0 amide bonds. The first-order valence-electron chi connectivity index (χ1n) is 10.2. The second-order valence-corrected chi connectivity index (χ2v) is 9.42. The van der Waals surface area contributed by atoms with Crippen molar-refractivity contribution < 1.29 is 0 Å². The van der Waals surface area contributed by atoms with Crippen molar-refractivity contribution in [3.8, 4) is 0 Å². The predicted molar refractivity (Wildman–Crippen MR) is 129 cm³/mol. The van der Waals surface area contributed by atoms with Crippen LogP contribution in [-0.4, -0.2) is 0 Å². The van der Waals surface area contributed by atoms with Crippen LogP contribution in [0.3, 0.4) is 0 Å². The molecule has 0 saturated heterocycles. The van der Waals surface area contributed by atoms with Crippen LogP contribution in [0.5, 0.6) is 0 Å². The largest absolute Gasteiger partial charge is 0.143 e. The quantitative estimate of drug-likeness (QED) is 0.221. The fraction of sp³-hybridized carbons (Fsp3) is 0.231. The van der Waals surface area contributed by atoms with Crippen LogP contribution in [0.25, 0.3) is 41.7 Å². The Morgan fingerprint density at radius 1 is 0.679 bits per heavy atom. The number of benzene rings is 4. The minimum absolute atomic E-state index is 1.02. The van der Waals surface area contributed by atoms with Gasteiger partial charge in [-0.05, 0) is 76.3 Å². The smallest absolute Gasteiger partial charge is 0.0361 e. The molecule has 28 heavy (non-hydrogen) atoms. The number of fused-ring (bicyclic) bond motifs is 5. The molecule has 0 fully saturated rings. The van der Waals surface area contributed by atoms with Gasteiger partial charge in [0, 0.05) is 25.1 Å². The molecular formula is C26H24S2. The maximum Gasteiger partial charge on any atom is 0.0361 e. The van der Waals surface area contributed by atoms with E-state index in [1.165, 1.54) is 79.4 Å². The Kier molecular flexibility index (Phi) is 4.78. The number of aryl methyl sites for hydroxylation is 1. The molecule has 0 spiro atoms. The first-order chi connectivity index (χ1) is 13.7. The summed E-state index contributed by atoms with van der Waals surface area (Å²) in [5.74, 6) is 0. The number of hydrogen-bond donors (Lipinski definition) is 1. The second-order valence-electron chi connectivity index (χ2n) is 7.82. The summed E-state index contributed by atoms with van der Waals surface area (Å²) in [4.78, 5) is 1.02. The molecule has 0 nitrogen and oxygen atoms in total. The number of thiophene rings is 1. The first-order valence-corrected chi connectivity index (χ1v) is 11.5. The SMILES string of the molecule is CCCCCCc1ccc2cc3c(cc2c1)sc1cc2cc(S)ccc2cc13. The topological polar surface area (TPSA) is 0 Å². The van der Waals surface area contributed by atoms with Gasteiger partial charge in [0.15, 0.2) is 0 Å². The van der Waals surface area contributed by atoms with E-state index in [4.69, 9.17) is 0 Å². The van der Waals surface area contributed by atoms with Gasteiger partial charge in [-0.15, -0.1) is 24.0 Å². The molecule has 140 valence electrons. The van der Waals surface area contributed by atoms with Gasteiger partial charge in [0.05, 0.1) is 0 Å². The number of unbranched alkanes of at least 4 members (excludes halogenated alkanes) is 3. The molecule has 5 aromatic rings. The van der Waals surface area contributed by atoms with E-state index < -0.39 is 0 Å². The molecule has 1 aromatic heterocycles. The molecule has 0 radical (unpaired) electrons. The minimum Gasteiger partial charge on any atom is -0.143 e. The molecule has 0 aliphatic heterocycles. The van der Waals surface area contributed by atoms with Crippen molar-refractivity contribution in [1.29, 1.82) is 0 Å². The fourth-order valence-corrected chi connectivity index (χ4v) is 5.59. The first kappa shape index (κ1) is 18.0. The summed E-state index contributed by atoms with van der Waals surface area (Å²) in [6, 6.07) is 22.8. The van der Waals surface area contributed by atoms with Gasteiger partial charge < -0.3 is 0 Å². The van der Waals surface area contributed by atoms with Crippen molar-refractivity contribution in [2.75, 3.05) is 0 Å². The second kappa shape index (κ2) is 7.42. The molecular weight excluding hydrogens is 376 g/mol. The summed E-state index contributed by atoms with van der Waals surface area (Å²) in [5.41, 5.74) is 1.47. The van der Waals surface area contributed by atoms with Gasteiger partial charge >= 0.3 is 0 Å². The zero-order chi connectivity index (χ0) is 19.1. The monoisotopic (exact) mass is 400 g/mol. The highest BCUT2D eigenvalue weighted by Gasteiger charge is 2.09. The van der Waals surface area contributed by atoms with Crippen molar-refractivity contribution in [3.05, 3.63) is 66.2 Å². The molecule has 0 atom stereocenters.